The lowest BCUT2D eigenvalue weighted by Crippen LogP contribution is -2.41. The van der Waals surface area contributed by atoms with Gasteiger partial charge in [0, 0.05) is 27.4 Å². The van der Waals surface area contributed by atoms with Crippen LogP contribution in [-0.2, 0) is 0 Å². The van der Waals surface area contributed by atoms with Crippen molar-refractivity contribution in [3.63, 3.8) is 0 Å². The van der Waals surface area contributed by atoms with Gasteiger partial charge in [0.05, 0.1) is 22.3 Å². The monoisotopic (exact) mass is 536 g/mol. The van der Waals surface area contributed by atoms with Crippen molar-refractivity contribution in [3.8, 4) is 17.2 Å². The van der Waals surface area contributed by atoms with E-state index in [1.54, 1.807) is 47.7 Å². The predicted octanol–water partition coefficient (Wildman–Crippen LogP) is 6.25. The first-order valence-corrected chi connectivity index (χ1v) is 10.3. The standard InChI is InChI=1S/C21H12ClF2IN4O/c1-2-28-20-15(6-12(22)10-27-20)14-4-3-11(9-26)5-18(14)29(21(28)30)19-16(23)7-13(25)8-17(19)24/h3-8,10H,2H2,1H3. The van der Waals surface area contributed by atoms with Crippen molar-refractivity contribution in [2.24, 2.45) is 0 Å². The zero-order chi connectivity index (χ0) is 21.6. The molecule has 30 heavy (non-hydrogen) atoms. The SMILES string of the molecule is CCN1C(=O)N(c2c(F)cc(I)cc2F)c2cc(C#N)ccc2-c2cc(Cl)cnc21. The average molecular weight is 537 g/mol. The Morgan fingerprint density at radius 3 is 2.50 bits per heavy atom. The molecule has 2 aromatic carbocycles. The molecule has 0 unspecified atom stereocenters. The number of urea groups is 1. The number of hydrogen-bond donors (Lipinski definition) is 0. The van der Waals surface area contributed by atoms with Gasteiger partial charge in [0.1, 0.15) is 11.5 Å². The highest BCUT2D eigenvalue weighted by Gasteiger charge is 2.36. The Kier molecular flexibility index (Phi) is 5.34. The van der Waals surface area contributed by atoms with Gasteiger partial charge < -0.3 is 0 Å². The average Bonchev–Trinajstić information content (AvgIpc) is 2.80. The first kappa shape index (κ1) is 20.5. The number of nitrogens with zero attached hydrogens (tertiary/aromatic N) is 4. The van der Waals surface area contributed by atoms with Gasteiger partial charge in [-0.15, -0.1) is 0 Å². The van der Waals surface area contributed by atoms with E-state index < -0.39 is 23.4 Å². The molecule has 0 bridgehead atoms. The molecule has 0 radical (unpaired) electrons. The summed E-state index contributed by atoms with van der Waals surface area (Å²) >= 11 is 7.95. The summed E-state index contributed by atoms with van der Waals surface area (Å²) in [5.74, 6) is -1.48. The van der Waals surface area contributed by atoms with Crippen LogP contribution < -0.4 is 9.80 Å². The van der Waals surface area contributed by atoms with Gasteiger partial charge in [0.15, 0.2) is 11.6 Å². The van der Waals surface area contributed by atoms with Crippen molar-refractivity contribution in [1.29, 1.82) is 5.26 Å². The van der Waals surface area contributed by atoms with Gasteiger partial charge in [0.25, 0.3) is 0 Å². The van der Waals surface area contributed by atoms with E-state index in [0.29, 0.717) is 25.5 Å². The van der Waals surface area contributed by atoms with Gasteiger partial charge in [-0.2, -0.15) is 5.26 Å². The molecule has 2 amide bonds. The molecule has 0 aliphatic carbocycles. The molecule has 2 heterocycles. The maximum absolute atomic E-state index is 14.9. The number of benzene rings is 2. The van der Waals surface area contributed by atoms with E-state index in [1.165, 1.54) is 17.2 Å². The minimum atomic E-state index is -0.894. The number of hydrogen-bond acceptors (Lipinski definition) is 3. The van der Waals surface area contributed by atoms with Crippen LogP contribution in [-0.4, -0.2) is 17.6 Å². The molecule has 1 aromatic heterocycles. The quantitative estimate of drug-likeness (QED) is 0.364. The van der Waals surface area contributed by atoms with Crippen LogP contribution in [0.5, 0.6) is 0 Å². The fourth-order valence-electron chi connectivity index (χ4n) is 3.42. The number of halogens is 4. The zero-order valence-electron chi connectivity index (χ0n) is 15.5. The molecule has 0 saturated carbocycles. The summed E-state index contributed by atoms with van der Waals surface area (Å²) in [5.41, 5.74) is 0.875. The third-order valence-corrected chi connectivity index (χ3v) is 5.52. The maximum Gasteiger partial charge on any atom is 0.334 e. The van der Waals surface area contributed by atoms with Gasteiger partial charge in [-0.3, -0.25) is 9.80 Å². The largest absolute Gasteiger partial charge is 0.334 e. The highest BCUT2D eigenvalue weighted by molar-refractivity contribution is 14.1. The molecule has 0 spiro atoms. The molecule has 150 valence electrons. The molecule has 0 N–H and O–H groups in total. The Balaban J connectivity index is 2.11. The number of anilines is 3. The third-order valence-electron chi connectivity index (χ3n) is 4.69. The van der Waals surface area contributed by atoms with E-state index >= 15 is 0 Å². The van der Waals surface area contributed by atoms with E-state index in [-0.39, 0.29) is 17.8 Å². The van der Waals surface area contributed by atoms with Crippen molar-refractivity contribution < 1.29 is 13.6 Å². The number of carbonyl (C=O) groups excluding carboxylic acids is 1. The van der Waals surface area contributed by atoms with Crippen LogP contribution in [0.4, 0.5) is 30.8 Å². The molecule has 3 aromatic rings. The van der Waals surface area contributed by atoms with Crippen molar-refractivity contribution in [2.75, 3.05) is 16.3 Å². The second kappa shape index (κ2) is 7.81. The highest BCUT2D eigenvalue weighted by atomic mass is 127. The number of amides is 2. The van der Waals surface area contributed by atoms with E-state index in [0.717, 1.165) is 17.0 Å². The van der Waals surface area contributed by atoms with Gasteiger partial charge in [-0.25, -0.2) is 18.6 Å². The van der Waals surface area contributed by atoms with Crippen LogP contribution in [0.15, 0.2) is 42.6 Å². The van der Waals surface area contributed by atoms with Crippen LogP contribution in [0.25, 0.3) is 11.1 Å². The van der Waals surface area contributed by atoms with Gasteiger partial charge in [-0.1, -0.05) is 17.7 Å². The normalized spacial score (nSPS) is 12.9. The lowest BCUT2D eigenvalue weighted by Gasteiger charge is -2.28. The molecule has 0 fully saturated rings. The first-order valence-electron chi connectivity index (χ1n) is 8.82. The van der Waals surface area contributed by atoms with Crippen molar-refractivity contribution in [3.05, 3.63) is 68.4 Å². The molecule has 0 saturated heterocycles. The Morgan fingerprint density at radius 2 is 1.87 bits per heavy atom. The Hall–Kier alpha value is -2.77. The summed E-state index contributed by atoms with van der Waals surface area (Å²) in [6.07, 6.45) is 1.40. The summed E-state index contributed by atoms with van der Waals surface area (Å²) < 4.78 is 30.2. The van der Waals surface area contributed by atoms with E-state index in [4.69, 9.17) is 11.6 Å². The Labute approximate surface area is 189 Å². The van der Waals surface area contributed by atoms with E-state index in [1.807, 2.05) is 6.07 Å². The van der Waals surface area contributed by atoms with Crippen LogP contribution in [0.2, 0.25) is 5.02 Å². The highest BCUT2D eigenvalue weighted by Crippen LogP contribution is 2.45. The Morgan fingerprint density at radius 1 is 1.17 bits per heavy atom. The van der Waals surface area contributed by atoms with Crippen molar-refractivity contribution in [1.82, 2.24) is 4.98 Å². The third kappa shape index (κ3) is 3.28. The summed E-state index contributed by atoms with van der Waals surface area (Å²) in [5, 5.41) is 9.71. The fraction of sp³-hybridized carbons (Fsp3) is 0.0952. The Bertz CT molecular complexity index is 1220. The minimum Gasteiger partial charge on any atom is -0.278 e. The summed E-state index contributed by atoms with van der Waals surface area (Å²) in [7, 11) is 0. The molecular formula is C21H12ClF2IN4O. The van der Waals surface area contributed by atoms with Gasteiger partial charge in [0.2, 0.25) is 0 Å². The maximum atomic E-state index is 14.9. The number of fused-ring (bicyclic) bond motifs is 3. The number of pyridine rings is 1. The topological polar surface area (TPSA) is 60.2 Å². The summed E-state index contributed by atoms with van der Waals surface area (Å²) in [6, 6.07) is 9.83. The number of carbonyl (C=O) groups is 1. The molecule has 1 aliphatic heterocycles. The van der Waals surface area contributed by atoms with Gasteiger partial charge in [-0.05, 0) is 59.8 Å². The van der Waals surface area contributed by atoms with Crippen molar-refractivity contribution >= 4 is 57.4 Å². The molecule has 9 heteroatoms. The van der Waals surface area contributed by atoms with E-state index in [9.17, 15) is 18.8 Å². The lowest BCUT2D eigenvalue weighted by molar-refractivity contribution is 0.253. The van der Waals surface area contributed by atoms with Gasteiger partial charge >= 0.3 is 6.03 Å². The lowest BCUT2D eigenvalue weighted by atomic mass is 10.0. The number of rotatable bonds is 2. The number of nitriles is 1. The smallest absolute Gasteiger partial charge is 0.278 e. The molecule has 1 aliphatic rings. The van der Waals surface area contributed by atoms with E-state index in [2.05, 4.69) is 4.98 Å². The molecule has 0 atom stereocenters. The second-order valence-corrected chi connectivity index (χ2v) is 8.13. The molecular weight excluding hydrogens is 525 g/mol. The summed E-state index contributed by atoms with van der Waals surface area (Å²) in [6.45, 7) is 1.93. The zero-order valence-corrected chi connectivity index (χ0v) is 18.4. The van der Waals surface area contributed by atoms with Crippen LogP contribution in [0, 0.1) is 26.5 Å². The first-order chi connectivity index (χ1) is 14.3. The van der Waals surface area contributed by atoms with Crippen LogP contribution >= 0.6 is 34.2 Å². The predicted molar refractivity (Wildman–Crippen MR) is 119 cm³/mol. The van der Waals surface area contributed by atoms with Crippen LogP contribution in [0.1, 0.15) is 12.5 Å². The fourth-order valence-corrected chi connectivity index (χ4v) is 4.13. The molecule has 5 nitrogen and oxygen atoms in total. The minimum absolute atomic E-state index is 0.166. The summed E-state index contributed by atoms with van der Waals surface area (Å²) in [4.78, 5) is 20.1. The number of aromatic nitrogens is 1. The second-order valence-electron chi connectivity index (χ2n) is 6.45. The molecule has 4 rings (SSSR count). The van der Waals surface area contributed by atoms with Crippen molar-refractivity contribution in [2.45, 2.75) is 6.92 Å². The van der Waals surface area contributed by atoms with Crippen LogP contribution in [0.3, 0.4) is 0 Å².